The lowest BCUT2D eigenvalue weighted by Crippen LogP contribution is -2.52. The van der Waals surface area contributed by atoms with Gasteiger partial charge in [0.1, 0.15) is 24.2 Å². The Bertz CT molecular complexity index is 1500. The number of hydrogen-bond acceptors (Lipinski definition) is 7. The highest BCUT2D eigenvalue weighted by Gasteiger charge is 2.49. The molecule has 1 aliphatic carbocycles. The van der Waals surface area contributed by atoms with Crippen molar-refractivity contribution in [1.82, 2.24) is 4.90 Å². The van der Waals surface area contributed by atoms with Gasteiger partial charge in [-0.3, -0.25) is 4.79 Å². The maximum Gasteiger partial charge on any atom is 0.417 e. The molecule has 9 heteroatoms. The Morgan fingerprint density at radius 3 is 2.07 bits per heavy atom. The van der Waals surface area contributed by atoms with Crippen LogP contribution in [0.3, 0.4) is 0 Å². The van der Waals surface area contributed by atoms with Crippen LogP contribution in [-0.2, 0) is 38.0 Å². The zero-order valence-corrected chi connectivity index (χ0v) is 29.3. The number of methoxy groups -OCH3 is 2. The van der Waals surface area contributed by atoms with Gasteiger partial charge in [0.25, 0.3) is 5.91 Å². The van der Waals surface area contributed by atoms with Crippen LogP contribution in [0.1, 0.15) is 54.7 Å². The van der Waals surface area contributed by atoms with Crippen LogP contribution >= 0.6 is 0 Å². The minimum atomic E-state index is -2.53. The fraction of sp³-hybridized carbons (Fsp3) is 0.459. The van der Waals surface area contributed by atoms with E-state index in [9.17, 15) is 9.59 Å². The monoisotopic (exact) mass is 645 g/mol. The number of imide groups is 1. The van der Waals surface area contributed by atoms with Crippen LogP contribution in [0.2, 0.25) is 18.1 Å². The molecule has 1 heterocycles. The largest absolute Gasteiger partial charge is 0.496 e. The topological polar surface area (TPSA) is 83.5 Å². The van der Waals surface area contributed by atoms with Crippen molar-refractivity contribution in [3.8, 4) is 11.5 Å². The normalized spacial score (nSPS) is 18.2. The van der Waals surface area contributed by atoms with E-state index in [0.717, 1.165) is 11.1 Å². The molecule has 2 amide bonds. The Hall–Kier alpha value is -3.66. The molecule has 0 aromatic heterocycles. The zero-order chi connectivity index (χ0) is 33.2. The van der Waals surface area contributed by atoms with Gasteiger partial charge in [-0.1, -0.05) is 75.4 Å². The molecule has 8 nitrogen and oxygen atoms in total. The molecule has 0 saturated carbocycles. The van der Waals surface area contributed by atoms with Crippen molar-refractivity contribution in [2.24, 2.45) is 0 Å². The van der Waals surface area contributed by atoms with Gasteiger partial charge in [0.2, 0.25) is 0 Å². The summed E-state index contributed by atoms with van der Waals surface area (Å²) < 4.78 is 31.1. The first-order valence-corrected chi connectivity index (χ1v) is 18.9. The zero-order valence-electron chi connectivity index (χ0n) is 28.3. The first-order valence-electron chi connectivity index (χ1n) is 16.0. The first kappa shape index (κ1) is 33.7. The Kier molecular flexibility index (Phi) is 9.96. The van der Waals surface area contributed by atoms with Gasteiger partial charge >= 0.3 is 6.09 Å². The molecule has 3 atom stereocenters. The maximum atomic E-state index is 14.9. The molecule has 0 spiro atoms. The van der Waals surface area contributed by atoms with Crippen molar-refractivity contribution in [2.45, 2.75) is 89.4 Å². The van der Waals surface area contributed by atoms with E-state index in [-0.39, 0.29) is 17.7 Å². The first-order chi connectivity index (χ1) is 21.8. The van der Waals surface area contributed by atoms with Gasteiger partial charge in [0.15, 0.2) is 14.4 Å². The van der Waals surface area contributed by atoms with E-state index in [4.69, 9.17) is 23.4 Å². The van der Waals surface area contributed by atoms with Gasteiger partial charge in [0, 0.05) is 5.56 Å². The predicted molar refractivity (Wildman–Crippen MR) is 180 cm³/mol. The van der Waals surface area contributed by atoms with Crippen LogP contribution in [0.5, 0.6) is 11.5 Å². The van der Waals surface area contributed by atoms with Crippen LogP contribution in [0, 0.1) is 6.92 Å². The molecule has 0 unspecified atom stereocenters. The van der Waals surface area contributed by atoms with Crippen molar-refractivity contribution in [1.29, 1.82) is 0 Å². The minimum absolute atomic E-state index is 0.112. The summed E-state index contributed by atoms with van der Waals surface area (Å²) in [5, 5.41) is -0.177. The molecule has 1 saturated heterocycles. The number of fused-ring (bicyclic) bond motifs is 1. The summed E-state index contributed by atoms with van der Waals surface area (Å²) in [4.78, 5) is 29.5. The summed E-state index contributed by atoms with van der Waals surface area (Å²) in [5.74, 6) is 0.752. The summed E-state index contributed by atoms with van der Waals surface area (Å²) in [7, 11) is 0.689. The van der Waals surface area contributed by atoms with Gasteiger partial charge in [-0.25, -0.2) is 9.69 Å². The van der Waals surface area contributed by atoms with Crippen LogP contribution in [0.4, 0.5) is 4.79 Å². The number of rotatable bonds is 11. The molecule has 2 aliphatic rings. The number of cyclic esters (lactones) is 1. The molecular weight excluding hydrogens is 598 g/mol. The number of hydrogen-bond donors (Lipinski definition) is 0. The van der Waals surface area contributed by atoms with Crippen molar-refractivity contribution >= 4 is 20.3 Å². The average Bonchev–Trinajstić information content (AvgIpc) is 3.60. The molecule has 46 heavy (non-hydrogen) atoms. The van der Waals surface area contributed by atoms with Crippen LogP contribution in [-0.4, -0.2) is 64.3 Å². The van der Waals surface area contributed by atoms with E-state index in [1.54, 1.807) is 14.2 Å². The molecule has 246 valence electrons. The molecule has 0 bridgehead atoms. The third-order valence-electron chi connectivity index (χ3n) is 9.71. The summed E-state index contributed by atoms with van der Waals surface area (Å²) in [6.07, 6.45) is -1.16. The second-order valence-electron chi connectivity index (χ2n) is 13.8. The van der Waals surface area contributed by atoms with E-state index < -0.39 is 38.6 Å². The standard InChI is InChI=1S/C37H47NO7Si/c1-24-31(41-5)21-28(22-32(24)42-6)33(45-46(7,8)37(2,3)4)34(44-30-19-26-16-12-13-17-27(26)20-30)35(39)38-29(23-43-36(38)40)18-25-14-10-9-11-15-25/h9-17,21-22,29-30,33-34H,18-20,23H2,1-8H3/t29-,33-,34-/m1/s1. The van der Waals surface area contributed by atoms with E-state index in [2.05, 4.69) is 46.0 Å². The van der Waals surface area contributed by atoms with Crippen LogP contribution in [0.25, 0.3) is 0 Å². The molecule has 5 rings (SSSR count). The fourth-order valence-electron chi connectivity index (χ4n) is 6.05. The molecule has 1 fully saturated rings. The van der Waals surface area contributed by atoms with Gasteiger partial charge in [0.05, 0.1) is 26.4 Å². The van der Waals surface area contributed by atoms with Gasteiger partial charge in [-0.2, -0.15) is 0 Å². The molecule has 0 radical (unpaired) electrons. The molecule has 1 aliphatic heterocycles. The van der Waals surface area contributed by atoms with Gasteiger partial charge in [-0.05, 0) is 78.7 Å². The summed E-state index contributed by atoms with van der Waals surface area (Å²) in [6.45, 7) is 12.8. The van der Waals surface area contributed by atoms with Gasteiger partial charge in [-0.15, -0.1) is 0 Å². The quantitative estimate of drug-likeness (QED) is 0.204. The average molecular weight is 646 g/mol. The number of nitrogens with zero attached hydrogens (tertiary/aromatic N) is 1. The second-order valence-corrected chi connectivity index (χ2v) is 18.6. The van der Waals surface area contributed by atoms with Crippen molar-refractivity contribution in [2.75, 3.05) is 20.8 Å². The predicted octanol–water partition coefficient (Wildman–Crippen LogP) is 7.22. The summed E-state index contributed by atoms with van der Waals surface area (Å²) in [5.41, 5.74) is 4.92. The smallest absolute Gasteiger partial charge is 0.417 e. The highest BCUT2D eigenvalue weighted by molar-refractivity contribution is 6.74. The third kappa shape index (κ3) is 7.01. The second kappa shape index (κ2) is 13.6. The van der Waals surface area contributed by atoms with Crippen LogP contribution in [0.15, 0.2) is 66.7 Å². The molecule has 3 aromatic carbocycles. The van der Waals surface area contributed by atoms with E-state index in [1.807, 2.05) is 61.5 Å². The highest BCUT2D eigenvalue weighted by atomic mass is 28.4. The lowest BCUT2D eigenvalue weighted by atomic mass is 9.99. The SMILES string of the molecule is COc1cc([C@@H](O[Si](C)(C)C(C)(C)C)[C@@H](OC2Cc3ccccc3C2)C(=O)N2C(=O)OC[C@H]2Cc2ccccc2)cc(OC)c1C. The van der Waals surface area contributed by atoms with Crippen molar-refractivity contribution < 1.29 is 33.0 Å². The number of carbonyl (C=O) groups excluding carboxylic acids is 2. The number of amides is 2. The third-order valence-corrected chi connectivity index (χ3v) is 14.2. The Labute approximate surface area is 274 Å². The lowest BCUT2D eigenvalue weighted by molar-refractivity contribution is -0.154. The maximum absolute atomic E-state index is 14.9. The van der Waals surface area contributed by atoms with Crippen molar-refractivity contribution in [3.05, 3.63) is 94.5 Å². The summed E-state index contributed by atoms with van der Waals surface area (Å²) >= 11 is 0. The molecular formula is C37H47NO7Si. The Balaban J connectivity index is 1.61. The number of carbonyl (C=O) groups is 2. The molecule has 3 aromatic rings. The van der Waals surface area contributed by atoms with E-state index in [1.165, 1.54) is 16.0 Å². The Morgan fingerprint density at radius 2 is 1.52 bits per heavy atom. The Morgan fingerprint density at radius 1 is 0.957 bits per heavy atom. The fourth-order valence-corrected chi connectivity index (χ4v) is 7.30. The van der Waals surface area contributed by atoms with Crippen LogP contribution < -0.4 is 9.47 Å². The lowest BCUT2D eigenvalue weighted by Gasteiger charge is -2.42. The number of ether oxygens (including phenoxy) is 4. The molecule has 0 N–H and O–H groups in total. The van der Waals surface area contributed by atoms with E-state index in [0.29, 0.717) is 36.3 Å². The van der Waals surface area contributed by atoms with E-state index >= 15 is 0 Å². The van der Waals surface area contributed by atoms with Crippen molar-refractivity contribution in [3.63, 3.8) is 0 Å². The minimum Gasteiger partial charge on any atom is -0.496 e. The number of benzene rings is 3. The highest BCUT2D eigenvalue weighted by Crippen LogP contribution is 2.44. The summed E-state index contributed by atoms with van der Waals surface area (Å²) in [6, 6.07) is 21.4. The van der Waals surface area contributed by atoms with Gasteiger partial charge < -0.3 is 23.4 Å².